The van der Waals surface area contributed by atoms with Crippen molar-refractivity contribution in [1.29, 1.82) is 0 Å². The Balaban J connectivity index is 2.24. The Morgan fingerprint density at radius 1 is 1.36 bits per heavy atom. The van der Waals surface area contributed by atoms with E-state index in [1.165, 1.54) is 0 Å². The van der Waals surface area contributed by atoms with Gasteiger partial charge in [-0.2, -0.15) is 0 Å². The van der Waals surface area contributed by atoms with Gasteiger partial charge < -0.3 is 4.90 Å². The van der Waals surface area contributed by atoms with Crippen molar-refractivity contribution in [3.8, 4) is 0 Å². The molecule has 1 aromatic carbocycles. The van der Waals surface area contributed by atoms with E-state index in [1.807, 2.05) is 12.1 Å². The van der Waals surface area contributed by atoms with E-state index in [0.29, 0.717) is 5.02 Å². The van der Waals surface area contributed by atoms with Gasteiger partial charge in [0.25, 0.3) is 0 Å². The third-order valence-corrected chi connectivity index (χ3v) is 3.38. The molecule has 1 atom stereocenters. The molecule has 14 heavy (non-hydrogen) atoms. The van der Waals surface area contributed by atoms with Crippen LogP contribution in [0.1, 0.15) is 6.42 Å². The predicted octanol–water partition coefficient (Wildman–Crippen LogP) is 2.84. The highest BCUT2D eigenvalue weighted by Crippen LogP contribution is 2.26. The normalized spacial score (nSPS) is 21.7. The number of hydrogen-bond acceptors (Lipinski definition) is 1. The summed E-state index contributed by atoms with van der Waals surface area (Å²) < 4.78 is 0. The highest BCUT2D eigenvalue weighted by atomic mass is 79.9. The molecule has 2 rings (SSSR count). The van der Waals surface area contributed by atoms with Crippen molar-refractivity contribution >= 4 is 39.1 Å². The molecule has 1 heterocycles. The highest BCUT2D eigenvalue weighted by Gasteiger charge is 2.30. The molecule has 1 aliphatic heterocycles. The zero-order valence-corrected chi connectivity index (χ0v) is 9.75. The first-order chi connectivity index (χ1) is 6.68. The Morgan fingerprint density at radius 3 is 2.50 bits per heavy atom. The Labute approximate surface area is 96.0 Å². The molecule has 0 aliphatic carbocycles. The van der Waals surface area contributed by atoms with Gasteiger partial charge in [0.2, 0.25) is 5.91 Å². The van der Waals surface area contributed by atoms with Crippen LogP contribution in [-0.4, -0.2) is 17.3 Å². The van der Waals surface area contributed by atoms with E-state index in [1.54, 1.807) is 17.0 Å². The number of rotatable bonds is 1. The van der Waals surface area contributed by atoms with Crippen molar-refractivity contribution in [3.05, 3.63) is 29.3 Å². The van der Waals surface area contributed by atoms with Gasteiger partial charge in [-0.05, 0) is 30.7 Å². The number of carbonyl (C=O) groups is 1. The van der Waals surface area contributed by atoms with Gasteiger partial charge in [-0.1, -0.05) is 27.5 Å². The molecule has 0 aromatic heterocycles. The van der Waals surface area contributed by atoms with E-state index < -0.39 is 0 Å². The second kappa shape index (κ2) is 3.91. The molecule has 0 N–H and O–H groups in total. The van der Waals surface area contributed by atoms with Gasteiger partial charge in [0.05, 0.1) is 4.83 Å². The molecular weight excluding hydrogens is 265 g/mol. The van der Waals surface area contributed by atoms with Crippen LogP contribution in [0.15, 0.2) is 24.3 Å². The summed E-state index contributed by atoms with van der Waals surface area (Å²) in [4.78, 5) is 13.4. The molecule has 74 valence electrons. The van der Waals surface area contributed by atoms with Crippen LogP contribution in [-0.2, 0) is 4.79 Å². The second-order valence-corrected chi connectivity index (χ2v) is 4.76. The molecule has 1 aliphatic rings. The summed E-state index contributed by atoms with van der Waals surface area (Å²) >= 11 is 9.11. The second-order valence-electron chi connectivity index (χ2n) is 3.22. The summed E-state index contributed by atoms with van der Waals surface area (Å²) in [6, 6.07) is 7.33. The lowest BCUT2D eigenvalue weighted by Crippen LogP contribution is -2.26. The smallest absolute Gasteiger partial charge is 0.240 e. The van der Waals surface area contributed by atoms with E-state index in [4.69, 9.17) is 11.6 Å². The monoisotopic (exact) mass is 273 g/mol. The Morgan fingerprint density at radius 2 is 2.00 bits per heavy atom. The average Bonchev–Trinajstić information content (AvgIpc) is 2.50. The van der Waals surface area contributed by atoms with Crippen LogP contribution in [0.3, 0.4) is 0 Å². The predicted molar refractivity (Wildman–Crippen MR) is 61.1 cm³/mol. The first-order valence-electron chi connectivity index (χ1n) is 4.39. The molecule has 0 radical (unpaired) electrons. The number of halogens is 2. The first kappa shape index (κ1) is 9.99. The van der Waals surface area contributed by atoms with E-state index in [-0.39, 0.29) is 10.7 Å². The molecular formula is C10H9BrClNO. The highest BCUT2D eigenvalue weighted by molar-refractivity contribution is 9.10. The van der Waals surface area contributed by atoms with Crippen LogP contribution in [0.25, 0.3) is 0 Å². The summed E-state index contributed by atoms with van der Waals surface area (Å²) in [5.41, 5.74) is 0.918. The third-order valence-electron chi connectivity index (χ3n) is 2.28. The molecule has 0 bridgehead atoms. The molecule has 1 amide bonds. The molecule has 1 saturated heterocycles. The Hall–Kier alpha value is -0.540. The zero-order chi connectivity index (χ0) is 10.1. The standard InChI is InChI=1S/C10H9BrClNO/c11-9-5-6-13(10(9)14)8-3-1-7(12)2-4-8/h1-4,9H,5-6H2/t9-/m0/s1. The summed E-state index contributed by atoms with van der Waals surface area (Å²) in [7, 11) is 0. The van der Waals surface area contributed by atoms with Gasteiger partial charge in [-0.15, -0.1) is 0 Å². The minimum atomic E-state index is -0.0295. The number of anilines is 1. The van der Waals surface area contributed by atoms with Gasteiger partial charge in [-0.25, -0.2) is 0 Å². The van der Waals surface area contributed by atoms with Crippen LogP contribution in [0.5, 0.6) is 0 Å². The number of amides is 1. The van der Waals surface area contributed by atoms with E-state index in [9.17, 15) is 4.79 Å². The van der Waals surface area contributed by atoms with Gasteiger partial charge >= 0.3 is 0 Å². The van der Waals surface area contributed by atoms with Gasteiger partial charge in [0, 0.05) is 17.3 Å². The molecule has 2 nitrogen and oxygen atoms in total. The molecule has 0 unspecified atom stereocenters. The topological polar surface area (TPSA) is 20.3 Å². The van der Waals surface area contributed by atoms with Crippen molar-refractivity contribution in [3.63, 3.8) is 0 Å². The van der Waals surface area contributed by atoms with Crippen LogP contribution in [0.4, 0.5) is 5.69 Å². The van der Waals surface area contributed by atoms with Crippen molar-refractivity contribution in [2.24, 2.45) is 0 Å². The fraction of sp³-hybridized carbons (Fsp3) is 0.300. The van der Waals surface area contributed by atoms with Crippen LogP contribution < -0.4 is 4.90 Å². The van der Waals surface area contributed by atoms with Crippen LogP contribution in [0.2, 0.25) is 5.02 Å². The SMILES string of the molecule is O=C1[C@@H](Br)CCN1c1ccc(Cl)cc1. The van der Waals surface area contributed by atoms with Gasteiger partial charge in [-0.3, -0.25) is 4.79 Å². The minimum absolute atomic E-state index is 0.0295. The van der Waals surface area contributed by atoms with E-state index in [2.05, 4.69) is 15.9 Å². The molecule has 0 spiro atoms. The van der Waals surface area contributed by atoms with Crippen LogP contribution in [0, 0.1) is 0 Å². The van der Waals surface area contributed by atoms with E-state index >= 15 is 0 Å². The quantitative estimate of drug-likeness (QED) is 0.721. The Kier molecular flexibility index (Phi) is 2.79. The lowest BCUT2D eigenvalue weighted by molar-refractivity contribution is -0.116. The lowest BCUT2D eigenvalue weighted by atomic mass is 10.3. The van der Waals surface area contributed by atoms with Crippen molar-refractivity contribution in [1.82, 2.24) is 0 Å². The van der Waals surface area contributed by atoms with Crippen molar-refractivity contribution in [2.45, 2.75) is 11.2 Å². The van der Waals surface area contributed by atoms with E-state index in [0.717, 1.165) is 18.7 Å². The maximum Gasteiger partial charge on any atom is 0.240 e. The first-order valence-corrected chi connectivity index (χ1v) is 5.69. The zero-order valence-electron chi connectivity index (χ0n) is 7.41. The fourth-order valence-corrected chi connectivity index (χ4v) is 2.10. The number of nitrogens with zero attached hydrogens (tertiary/aromatic N) is 1. The van der Waals surface area contributed by atoms with Crippen molar-refractivity contribution < 1.29 is 4.79 Å². The average molecular weight is 275 g/mol. The summed E-state index contributed by atoms with van der Waals surface area (Å²) in [6.07, 6.45) is 0.863. The summed E-state index contributed by atoms with van der Waals surface area (Å²) in [5, 5.41) is 0.691. The fourth-order valence-electron chi connectivity index (χ4n) is 1.52. The molecule has 1 fully saturated rings. The van der Waals surface area contributed by atoms with Gasteiger partial charge in [0.1, 0.15) is 0 Å². The molecule has 4 heteroatoms. The maximum absolute atomic E-state index is 11.6. The summed E-state index contributed by atoms with van der Waals surface area (Å²) in [5.74, 6) is 0.132. The third kappa shape index (κ3) is 1.79. The lowest BCUT2D eigenvalue weighted by Gasteiger charge is -2.15. The number of carbonyl (C=O) groups excluding carboxylic acids is 1. The van der Waals surface area contributed by atoms with Crippen molar-refractivity contribution in [2.75, 3.05) is 11.4 Å². The number of hydrogen-bond donors (Lipinski definition) is 0. The Bertz CT molecular complexity index is 352. The molecule has 1 aromatic rings. The molecule has 0 saturated carbocycles. The maximum atomic E-state index is 11.6. The largest absolute Gasteiger partial charge is 0.311 e. The number of alkyl halides is 1. The minimum Gasteiger partial charge on any atom is -0.311 e. The van der Waals surface area contributed by atoms with Gasteiger partial charge in [0.15, 0.2) is 0 Å². The number of benzene rings is 1. The van der Waals surface area contributed by atoms with Crippen LogP contribution >= 0.6 is 27.5 Å². The summed E-state index contributed by atoms with van der Waals surface area (Å²) in [6.45, 7) is 0.774.